The van der Waals surface area contributed by atoms with E-state index in [-0.39, 0.29) is 12.4 Å². The Balaban J connectivity index is -0.0000000897. The van der Waals surface area contributed by atoms with Gasteiger partial charge in [0.25, 0.3) is 29.8 Å². The fourth-order valence-electron chi connectivity index (χ4n) is 0.527. The highest BCUT2D eigenvalue weighted by Gasteiger charge is 1.98. The molecule has 0 fully saturated rings. The van der Waals surface area contributed by atoms with E-state index in [0.29, 0.717) is 0 Å². The van der Waals surface area contributed by atoms with Gasteiger partial charge in [0.05, 0.1) is 0 Å². The molecule has 0 aromatic carbocycles. The van der Waals surface area contributed by atoms with Gasteiger partial charge in [-0.15, -0.1) is 0 Å². The first-order chi connectivity index (χ1) is 13.4. The molecule has 1 aromatic rings. The summed E-state index contributed by atoms with van der Waals surface area (Å²) in [7, 11) is 0. The maximum Gasteiger partial charge on any atom is 0.300 e. The molecule has 0 unspecified atom stereocenters. The average Bonchev–Trinajstić information content (AvgIpc) is 2.47. The van der Waals surface area contributed by atoms with Crippen LogP contribution in [0.5, 0.6) is 5.75 Å². The van der Waals surface area contributed by atoms with Crippen LogP contribution in [0, 0.1) is 0 Å². The van der Waals surface area contributed by atoms with Crippen LogP contribution in [-0.4, -0.2) is 65.6 Å². The standard InChI is InChI=1S/C6H6O4.5C2H4O2/c7-2-4-1-5(8)6(9)3-10-4;5*1-2(3)4/h1,3,7,9H,2H2;5*1H3,(H,3,4). The molecule has 0 amide bonds. The van der Waals surface area contributed by atoms with Crippen molar-refractivity contribution in [2.24, 2.45) is 0 Å². The zero-order valence-electron chi connectivity index (χ0n) is 16.9. The minimum atomic E-state index is -0.833. The second kappa shape index (κ2) is 25.1. The lowest BCUT2D eigenvalue weighted by Crippen LogP contribution is -1.99. The van der Waals surface area contributed by atoms with E-state index in [1.165, 1.54) is 0 Å². The van der Waals surface area contributed by atoms with Gasteiger partial charge in [-0.05, 0) is 0 Å². The smallest absolute Gasteiger partial charge is 0.300 e. The van der Waals surface area contributed by atoms with Crippen LogP contribution < -0.4 is 5.43 Å². The Bertz CT molecular complexity index is 600. The van der Waals surface area contributed by atoms with Crippen LogP contribution in [0.15, 0.2) is 21.5 Å². The fourth-order valence-corrected chi connectivity index (χ4v) is 0.527. The van der Waals surface area contributed by atoms with Gasteiger partial charge < -0.3 is 40.2 Å². The zero-order valence-corrected chi connectivity index (χ0v) is 16.9. The molecule has 0 saturated heterocycles. The van der Waals surface area contributed by atoms with Crippen LogP contribution in [0.1, 0.15) is 40.4 Å². The van der Waals surface area contributed by atoms with Gasteiger partial charge >= 0.3 is 0 Å². The summed E-state index contributed by atoms with van der Waals surface area (Å²) in [6.45, 7) is 5.08. The molecule has 7 N–H and O–H groups in total. The first kappa shape index (κ1) is 36.9. The average molecular weight is 442 g/mol. The lowest BCUT2D eigenvalue weighted by atomic mass is 10.4. The van der Waals surface area contributed by atoms with Crippen molar-refractivity contribution in [3.63, 3.8) is 0 Å². The van der Waals surface area contributed by atoms with Crippen molar-refractivity contribution in [1.29, 1.82) is 0 Å². The minimum absolute atomic E-state index is 0.141. The summed E-state index contributed by atoms with van der Waals surface area (Å²) < 4.78 is 4.59. The molecule has 0 saturated carbocycles. The van der Waals surface area contributed by atoms with Crippen LogP contribution in [0.3, 0.4) is 0 Å². The van der Waals surface area contributed by atoms with Crippen molar-refractivity contribution in [2.45, 2.75) is 41.2 Å². The Labute approximate surface area is 170 Å². The van der Waals surface area contributed by atoms with E-state index in [4.69, 9.17) is 59.7 Å². The quantitative estimate of drug-likeness (QED) is 0.308. The van der Waals surface area contributed by atoms with Crippen molar-refractivity contribution in [1.82, 2.24) is 0 Å². The first-order valence-electron chi connectivity index (χ1n) is 7.29. The molecule has 14 heteroatoms. The van der Waals surface area contributed by atoms with Crippen molar-refractivity contribution in [3.8, 4) is 5.75 Å². The van der Waals surface area contributed by atoms with Crippen molar-refractivity contribution in [2.75, 3.05) is 0 Å². The Hall–Kier alpha value is -3.94. The summed E-state index contributed by atoms with van der Waals surface area (Å²) >= 11 is 0. The summed E-state index contributed by atoms with van der Waals surface area (Å²) in [5, 5.41) is 54.2. The van der Waals surface area contributed by atoms with Crippen molar-refractivity contribution >= 4 is 29.8 Å². The molecule has 0 aliphatic heterocycles. The normalized spacial score (nSPS) is 7.40. The van der Waals surface area contributed by atoms with Gasteiger partial charge in [-0.25, -0.2) is 0 Å². The molecular formula is C16H26O14. The molecule has 0 radical (unpaired) electrons. The highest BCUT2D eigenvalue weighted by molar-refractivity contribution is 5.63. The number of aromatic hydroxyl groups is 1. The number of carbonyl (C=O) groups is 5. The zero-order chi connectivity index (χ0) is 25.4. The largest absolute Gasteiger partial charge is 0.502 e. The number of hydrogen-bond donors (Lipinski definition) is 7. The Morgan fingerprint density at radius 3 is 1.13 bits per heavy atom. The highest BCUT2D eigenvalue weighted by Crippen LogP contribution is 2.01. The summed E-state index contributed by atoms with van der Waals surface area (Å²) in [5.41, 5.74) is -0.546. The van der Waals surface area contributed by atoms with Crippen LogP contribution in [0.4, 0.5) is 0 Å². The molecule has 14 nitrogen and oxygen atoms in total. The van der Waals surface area contributed by atoms with E-state index >= 15 is 0 Å². The maximum absolute atomic E-state index is 10.6. The van der Waals surface area contributed by atoms with Crippen LogP contribution in [-0.2, 0) is 30.6 Å². The second-order valence-electron chi connectivity index (χ2n) is 4.35. The third kappa shape index (κ3) is 105. The number of carboxylic acids is 5. The fraction of sp³-hybridized carbons (Fsp3) is 0.375. The van der Waals surface area contributed by atoms with Gasteiger partial charge in [0, 0.05) is 40.7 Å². The lowest BCUT2D eigenvalue weighted by Gasteiger charge is -1.92. The number of aliphatic hydroxyl groups is 1. The summed E-state index contributed by atoms with van der Waals surface area (Å²) in [4.78, 5) is 55.6. The van der Waals surface area contributed by atoms with E-state index < -0.39 is 41.0 Å². The van der Waals surface area contributed by atoms with E-state index in [1.54, 1.807) is 0 Å². The third-order valence-electron chi connectivity index (χ3n) is 1.02. The van der Waals surface area contributed by atoms with Crippen LogP contribution in [0.25, 0.3) is 0 Å². The van der Waals surface area contributed by atoms with Gasteiger partial charge in [-0.3, -0.25) is 28.8 Å². The summed E-state index contributed by atoms with van der Waals surface area (Å²) in [5.74, 6) is -4.47. The summed E-state index contributed by atoms with van der Waals surface area (Å²) in [6, 6.07) is 1.04. The van der Waals surface area contributed by atoms with E-state index in [1.807, 2.05) is 0 Å². The van der Waals surface area contributed by atoms with Crippen LogP contribution >= 0.6 is 0 Å². The van der Waals surface area contributed by atoms with Crippen LogP contribution in [0.2, 0.25) is 0 Å². The molecular weight excluding hydrogens is 416 g/mol. The van der Waals surface area contributed by atoms with E-state index in [2.05, 4.69) is 4.42 Å². The maximum atomic E-state index is 10.6. The first-order valence-corrected chi connectivity index (χ1v) is 7.29. The lowest BCUT2D eigenvalue weighted by molar-refractivity contribution is -0.135. The molecule has 174 valence electrons. The number of hydrogen-bond acceptors (Lipinski definition) is 9. The number of aliphatic hydroxyl groups excluding tert-OH is 1. The van der Waals surface area contributed by atoms with Gasteiger partial charge in [-0.2, -0.15) is 0 Å². The monoisotopic (exact) mass is 442 g/mol. The van der Waals surface area contributed by atoms with Crippen molar-refractivity contribution < 1.29 is 64.1 Å². The molecule has 0 atom stereocenters. The number of aliphatic carboxylic acids is 5. The SMILES string of the molecule is CC(=O)O.CC(=O)O.CC(=O)O.CC(=O)O.CC(=O)O.O=c1cc(CO)occ1O. The number of carboxylic acid groups (broad SMARTS) is 5. The molecule has 1 aromatic heterocycles. The van der Waals surface area contributed by atoms with Gasteiger partial charge in [-0.1, -0.05) is 0 Å². The van der Waals surface area contributed by atoms with Gasteiger partial charge in [0.2, 0.25) is 5.43 Å². The number of rotatable bonds is 1. The Morgan fingerprint density at radius 1 is 0.733 bits per heavy atom. The van der Waals surface area contributed by atoms with Gasteiger partial charge in [0.1, 0.15) is 18.6 Å². The predicted molar refractivity (Wildman–Crippen MR) is 99.1 cm³/mol. The molecule has 0 aliphatic rings. The molecule has 0 bridgehead atoms. The van der Waals surface area contributed by atoms with Gasteiger partial charge in [0.15, 0.2) is 5.75 Å². The second-order valence-corrected chi connectivity index (χ2v) is 4.35. The van der Waals surface area contributed by atoms with Crippen molar-refractivity contribution in [3.05, 3.63) is 28.3 Å². The molecule has 0 spiro atoms. The van der Waals surface area contributed by atoms with E-state index in [0.717, 1.165) is 46.9 Å². The highest BCUT2D eigenvalue weighted by atomic mass is 16.4. The Kier molecular flexibility index (Phi) is 30.8. The molecule has 0 aliphatic carbocycles. The Morgan fingerprint density at radius 2 is 0.967 bits per heavy atom. The molecule has 30 heavy (non-hydrogen) atoms. The van der Waals surface area contributed by atoms with E-state index in [9.17, 15) is 4.79 Å². The summed E-state index contributed by atoms with van der Waals surface area (Å²) in [6.07, 6.45) is 0.897. The molecule has 1 rings (SSSR count). The minimum Gasteiger partial charge on any atom is -0.502 e. The topological polar surface area (TPSA) is 257 Å². The third-order valence-corrected chi connectivity index (χ3v) is 1.02. The predicted octanol–water partition coefficient (Wildman–Crippen LogP) is 0.292. The molecule has 1 heterocycles.